The van der Waals surface area contributed by atoms with Crippen molar-refractivity contribution in [1.29, 1.82) is 0 Å². The van der Waals surface area contributed by atoms with Gasteiger partial charge in [0.05, 0.1) is 0 Å². The fourth-order valence-corrected chi connectivity index (χ4v) is 7.70. The number of likely N-dealkylation sites (N-methyl/N-ethyl adjacent to an activating group) is 1. The highest BCUT2D eigenvalue weighted by Crippen LogP contribution is 2.50. The molecule has 0 fully saturated rings. The number of nitrogens with zero attached hydrogens (tertiary/aromatic N) is 1. The highest BCUT2D eigenvalue weighted by molar-refractivity contribution is 6.32. The molecule has 1 N–H and O–H groups in total. The molecular formula is C40H43ClN2. The van der Waals surface area contributed by atoms with Gasteiger partial charge in [0.25, 0.3) is 0 Å². The van der Waals surface area contributed by atoms with Crippen molar-refractivity contribution >= 4 is 44.5 Å². The summed E-state index contributed by atoms with van der Waals surface area (Å²) in [6, 6.07) is 26.3. The minimum Gasteiger partial charge on any atom is -0.388 e. The van der Waals surface area contributed by atoms with Gasteiger partial charge in [0.1, 0.15) is 0 Å². The normalized spacial score (nSPS) is 18.9. The van der Waals surface area contributed by atoms with Crippen LogP contribution in [0, 0.1) is 0 Å². The van der Waals surface area contributed by atoms with Gasteiger partial charge in [-0.2, -0.15) is 0 Å². The van der Waals surface area contributed by atoms with Gasteiger partial charge < -0.3 is 10.2 Å². The van der Waals surface area contributed by atoms with Crippen LogP contribution >= 0.6 is 11.6 Å². The quantitative estimate of drug-likeness (QED) is 0.242. The second-order valence-corrected chi connectivity index (χ2v) is 13.6. The van der Waals surface area contributed by atoms with E-state index in [-0.39, 0.29) is 10.8 Å². The molecular weight excluding hydrogens is 544 g/mol. The molecule has 1 heterocycles. The molecule has 1 aliphatic heterocycles. The summed E-state index contributed by atoms with van der Waals surface area (Å²) in [7, 11) is 4.21. The Labute approximate surface area is 262 Å². The minimum atomic E-state index is -0.102. The Morgan fingerprint density at radius 3 is 2.30 bits per heavy atom. The van der Waals surface area contributed by atoms with E-state index in [0.29, 0.717) is 0 Å². The van der Waals surface area contributed by atoms with Crippen LogP contribution in [0.2, 0.25) is 0 Å². The molecule has 0 spiro atoms. The third kappa shape index (κ3) is 5.21. The maximum Gasteiger partial charge on any atom is 0.0469 e. The number of hydrogen-bond acceptors (Lipinski definition) is 2. The first kappa shape index (κ1) is 29.3. The topological polar surface area (TPSA) is 15.3 Å². The fourth-order valence-electron chi connectivity index (χ4n) is 7.39. The zero-order valence-electron chi connectivity index (χ0n) is 26.4. The van der Waals surface area contributed by atoms with E-state index in [0.717, 1.165) is 30.7 Å². The van der Waals surface area contributed by atoms with Crippen LogP contribution in [-0.2, 0) is 10.8 Å². The molecule has 0 atom stereocenters. The summed E-state index contributed by atoms with van der Waals surface area (Å²) in [6.45, 7) is 9.37. The predicted octanol–water partition coefficient (Wildman–Crippen LogP) is 11.2. The van der Waals surface area contributed by atoms with Crippen LogP contribution in [0.4, 0.5) is 11.4 Å². The van der Waals surface area contributed by atoms with Gasteiger partial charge in [-0.05, 0) is 93.1 Å². The molecule has 0 radical (unpaired) electrons. The Morgan fingerprint density at radius 2 is 1.56 bits per heavy atom. The van der Waals surface area contributed by atoms with E-state index in [2.05, 4.69) is 142 Å². The molecule has 0 amide bonds. The molecule has 0 saturated heterocycles. The molecule has 4 aromatic carbocycles. The predicted molar refractivity (Wildman–Crippen MR) is 189 cm³/mol. The van der Waals surface area contributed by atoms with Crippen molar-refractivity contribution in [2.24, 2.45) is 0 Å². The number of anilines is 2. The number of nitrogens with one attached hydrogen (secondary N) is 1. The van der Waals surface area contributed by atoms with Crippen LogP contribution < -0.4 is 10.2 Å². The first-order valence-corrected chi connectivity index (χ1v) is 15.9. The molecule has 3 heteroatoms. The molecule has 1 aliphatic carbocycles. The van der Waals surface area contributed by atoms with E-state index in [9.17, 15) is 0 Å². The molecule has 2 nitrogen and oxygen atoms in total. The fraction of sp³-hybridized carbons (Fsp3) is 0.300. The lowest BCUT2D eigenvalue weighted by atomic mass is 9.77. The van der Waals surface area contributed by atoms with Crippen LogP contribution in [0.3, 0.4) is 0 Å². The SMILES string of the molecule is CNc1ccc2ccccc2c1C(C)(C)C/C=C/C1=C(Cl)C(=C/C=C2/N(C)c3ccc4ccccc4c3C2(C)C)/CCC1. The largest absolute Gasteiger partial charge is 0.388 e. The number of allylic oxidation sites excluding steroid dienone is 8. The summed E-state index contributed by atoms with van der Waals surface area (Å²) in [4.78, 5) is 2.36. The number of rotatable bonds is 6. The van der Waals surface area contributed by atoms with E-state index in [1.165, 1.54) is 60.9 Å². The van der Waals surface area contributed by atoms with E-state index in [1.54, 1.807) is 0 Å². The molecule has 0 unspecified atom stereocenters. The molecule has 0 saturated carbocycles. The standard InChI is InChI=1S/C40H43ClN2/c1-39(2,36-31-18-9-7-13-27(31)20-23-33(36)42-5)26-12-17-29-15-11-16-30(38(29)41)22-25-35-40(3,4)37-32-19-10-8-14-28(32)21-24-34(37)43(35)6/h7-10,12-14,17-25,42H,11,15-16,26H2,1-6H3/b17-12+,30-22+,35-25+. The lowest BCUT2D eigenvalue weighted by molar-refractivity contribution is 0.540. The molecule has 0 aromatic heterocycles. The zero-order chi connectivity index (χ0) is 30.4. The van der Waals surface area contributed by atoms with Gasteiger partial charge in [0.2, 0.25) is 0 Å². The average Bonchev–Trinajstić information content (AvgIpc) is 3.20. The van der Waals surface area contributed by atoms with Gasteiger partial charge in [0, 0.05) is 41.6 Å². The van der Waals surface area contributed by atoms with Crippen LogP contribution in [0.25, 0.3) is 21.5 Å². The van der Waals surface area contributed by atoms with Gasteiger partial charge in [-0.25, -0.2) is 0 Å². The third-order valence-electron chi connectivity index (χ3n) is 9.62. The summed E-state index contributed by atoms with van der Waals surface area (Å²) < 4.78 is 0. The van der Waals surface area contributed by atoms with Crippen molar-refractivity contribution < 1.29 is 0 Å². The first-order chi connectivity index (χ1) is 20.6. The van der Waals surface area contributed by atoms with E-state index >= 15 is 0 Å². The molecule has 2 aliphatic rings. The first-order valence-electron chi connectivity index (χ1n) is 15.6. The molecule has 220 valence electrons. The second-order valence-electron chi connectivity index (χ2n) is 13.3. The van der Waals surface area contributed by atoms with Crippen LogP contribution in [-0.4, -0.2) is 14.1 Å². The Morgan fingerprint density at radius 1 is 0.884 bits per heavy atom. The maximum atomic E-state index is 7.11. The lowest BCUT2D eigenvalue weighted by Gasteiger charge is -2.28. The molecule has 43 heavy (non-hydrogen) atoms. The van der Waals surface area contributed by atoms with Crippen molar-refractivity contribution in [3.8, 4) is 0 Å². The summed E-state index contributed by atoms with van der Waals surface area (Å²) in [5.74, 6) is 0. The van der Waals surface area contributed by atoms with Crippen molar-refractivity contribution in [1.82, 2.24) is 0 Å². The number of fused-ring (bicyclic) bond motifs is 4. The maximum absolute atomic E-state index is 7.11. The van der Waals surface area contributed by atoms with Crippen LogP contribution in [0.15, 0.2) is 119 Å². The Hall–Kier alpha value is -3.75. The highest BCUT2D eigenvalue weighted by atomic mass is 35.5. The van der Waals surface area contributed by atoms with E-state index < -0.39 is 0 Å². The van der Waals surface area contributed by atoms with Gasteiger partial charge in [-0.15, -0.1) is 0 Å². The lowest BCUT2D eigenvalue weighted by Crippen LogP contribution is -2.22. The van der Waals surface area contributed by atoms with Crippen molar-refractivity contribution in [3.63, 3.8) is 0 Å². The zero-order valence-corrected chi connectivity index (χ0v) is 27.1. The van der Waals surface area contributed by atoms with Gasteiger partial charge in [-0.1, -0.05) is 118 Å². The average molecular weight is 587 g/mol. The monoisotopic (exact) mass is 586 g/mol. The molecule has 4 aromatic rings. The third-order valence-corrected chi connectivity index (χ3v) is 10.1. The van der Waals surface area contributed by atoms with Crippen molar-refractivity contribution in [2.45, 2.75) is 64.2 Å². The Bertz CT molecular complexity index is 1830. The van der Waals surface area contributed by atoms with Crippen LogP contribution in [0.5, 0.6) is 0 Å². The molecule has 0 bridgehead atoms. The van der Waals surface area contributed by atoms with Crippen LogP contribution in [0.1, 0.15) is 64.5 Å². The number of halogens is 1. The summed E-state index contributed by atoms with van der Waals surface area (Å²) >= 11 is 7.11. The summed E-state index contributed by atoms with van der Waals surface area (Å²) in [5, 5.41) is 9.58. The minimum absolute atomic E-state index is 0.0433. The Balaban J connectivity index is 1.27. The number of hydrogen-bond donors (Lipinski definition) is 1. The highest BCUT2D eigenvalue weighted by Gasteiger charge is 2.39. The second kappa shape index (κ2) is 11.4. The van der Waals surface area contributed by atoms with Crippen molar-refractivity contribution in [2.75, 3.05) is 24.3 Å². The molecule has 6 rings (SSSR count). The van der Waals surface area contributed by atoms with Gasteiger partial charge in [-0.3, -0.25) is 0 Å². The van der Waals surface area contributed by atoms with Gasteiger partial charge >= 0.3 is 0 Å². The van der Waals surface area contributed by atoms with Gasteiger partial charge in [0.15, 0.2) is 0 Å². The number of benzene rings is 4. The Kier molecular flexibility index (Phi) is 7.77. The van der Waals surface area contributed by atoms with Crippen molar-refractivity contribution in [3.05, 3.63) is 130 Å². The summed E-state index contributed by atoms with van der Waals surface area (Å²) in [5.41, 5.74) is 8.89. The smallest absolute Gasteiger partial charge is 0.0469 e. The van der Waals surface area contributed by atoms with E-state index in [1.807, 2.05) is 7.05 Å². The van der Waals surface area contributed by atoms with E-state index in [4.69, 9.17) is 11.6 Å². The summed E-state index contributed by atoms with van der Waals surface area (Å²) in [6.07, 6.45) is 13.3.